The molecular formula is C50H37N3. The van der Waals surface area contributed by atoms with Gasteiger partial charge in [0.1, 0.15) is 0 Å². The molecule has 0 atom stereocenters. The maximum Gasteiger partial charge on any atom is 0.0544 e. The molecule has 3 nitrogen and oxygen atoms in total. The van der Waals surface area contributed by atoms with Crippen LogP contribution in [-0.4, -0.2) is 0 Å². The first-order chi connectivity index (χ1) is 26.3. The second kappa shape index (κ2) is 14.3. The van der Waals surface area contributed by atoms with E-state index in [0.717, 1.165) is 45.5 Å². The standard InChI is InChI=1S/C50H37N3/c1-6-20-37(21-7-1)49-45-30-16-18-32-47(45)50(48-33-19-17-31-46(48)49)51-38-34-43(52(39-22-8-2-9-23-39)40-24-10-3-11-25-40)36-44(35-38)53(41-26-12-4-13-27-41)42-28-14-5-15-29-42/h1-36,51H. The van der Waals surface area contributed by atoms with Crippen LogP contribution in [-0.2, 0) is 0 Å². The average Bonchev–Trinajstić information content (AvgIpc) is 3.23. The topological polar surface area (TPSA) is 18.5 Å². The van der Waals surface area contributed by atoms with Crippen LogP contribution in [0.4, 0.5) is 45.5 Å². The first-order valence-corrected chi connectivity index (χ1v) is 18.0. The predicted octanol–water partition coefficient (Wildman–Crippen LogP) is 14.3. The molecule has 9 rings (SSSR count). The van der Waals surface area contributed by atoms with Crippen molar-refractivity contribution in [3.8, 4) is 11.1 Å². The predicted molar refractivity (Wildman–Crippen MR) is 226 cm³/mol. The summed E-state index contributed by atoms with van der Waals surface area (Å²) in [6.07, 6.45) is 0. The highest BCUT2D eigenvalue weighted by molar-refractivity contribution is 6.21. The monoisotopic (exact) mass is 679 g/mol. The van der Waals surface area contributed by atoms with Crippen LogP contribution >= 0.6 is 0 Å². The summed E-state index contributed by atoms with van der Waals surface area (Å²) >= 11 is 0. The number of nitrogens with one attached hydrogen (secondary N) is 1. The van der Waals surface area contributed by atoms with Gasteiger partial charge in [0.15, 0.2) is 0 Å². The van der Waals surface area contributed by atoms with Crippen LogP contribution in [0, 0.1) is 0 Å². The molecule has 0 unspecified atom stereocenters. The van der Waals surface area contributed by atoms with Crippen molar-refractivity contribution in [1.29, 1.82) is 0 Å². The summed E-state index contributed by atoms with van der Waals surface area (Å²) in [4.78, 5) is 4.66. The fourth-order valence-corrected chi connectivity index (χ4v) is 7.45. The Morgan fingerprint density at radius 2 is 0.604 bits per heavy atom. The SMILES string of the molecule is c1ccc(-c2c3ccccc3c(Nc3cc(N(c4ccccc4)c4ccccc4)cc(N(c4ccccc4)c4ccccc4)c3)c3ccccc23)cc1. The fourth-order valence-electron chi connectivity index (χ4n) is 7.45. The zero-order chi connectivity index (χ0) is 35.4. The number of para-hydroxylation sites is 4. The van der Waals surface area contributed by atoms with Crippen LogP contribution < -0.4 is 15.1 Å². The number of fused-ring (bicyclic) bond motifs is 2. The summed E-state index contributed by atoms with van der Waals surface area (Å²) in [5, 5.41) is 8.77. The molecule has 0 aromatic heterocycles. The molecule has 53 heavy (non-hydrogen) atoms. The zero-order valence-electron chi connectivity index (χ0n) is 29.2. The number of rotatable bonds is 9. The summed E-state index contributed by atoms with van der Waals surface area (Å²) in [5.74, 6) is 0. The molecule has 0 bridgehead atoms. The van der Waals surface area contributed by atoms with Crippen molar-refractivity contribution in [2.75, 3.05) is 15.1 Å². The Labute approximate surface area is 310 Å². The number of hydrogen-bond acceptors (Lipinski definition) is 3. The molecular weight excluding hydrogens is 643 g/mol. The van der Waals surface area contributed by atoms with Gasteiger partial charge in [-0.05, 0) is 88.6 Å². The van der Waals surface area contributed by atoms with E-state index >= 15 is 0 Å². The fraction of sp³-hybridized carbons (Fsp3) is 0. The molecule has 9 aromatic rings. The van der Waals surface area contributed by atoms with Crippen molar-refractivity contribution in [2.45, 2.75) is 0 Å². The van der Waals surface area contributed by atoms with Crippen LogP contribution in [0.3, 0.4) is 0 Å². The highest BCUT2D eigenvalue weighted by atomic mass is 15.2. The van der Waals surface area contributed by atoms with Crippen molar-refractivity contribution in [3.63, 3.8) is 0 Å². The molecule has 1 N–H and O–H groups in total. The van der Waals surface area contributed by atoms with E-state index in [9.17, 15) is 0 Å². The van der Waals surface area contributed by atoms with Crippen molar-refractivity contribution in [3.05, 3.63) is 218 Å². The number of benzene rings is 9. The molecule has 0 amide bonds. The lowest BCUT2D eigenvalue weighted by molar-refractivity contribution is 1.25. The van der Waals surface area contributed by atoms with E-state index in [4.69, 9.17) is 0 Å². The van der Waals surface area contributed by atoms with Gasteiger partial charge in [-0.2, -0.15) is 0 Å². The minimum Gasteiger partial charge on any atom is -0.354 e. The third-order valence-electron chi connectivity index (χ3n) is 9.74. The second-order valence-corrected chi connectivity index (χ2v) is 13.1. The van der Waals surface area contributed by atoms with E-state index in [1.165, 1.54) is 32.7 Å². The van der Waals surface area contributed by atoms with Gasteiger partial charge in [-0.15, -0.1) is 0 Å². The Morgan fingerprint density at radius 1 is 0.283 bits per heavy atom. The van der Waals surface area contributed by atoms with E-state index < -0.39 is 0 Å². The second-order valence-electron chi connectivity index (χ2n) is 13.1. The molecule has 0 aliphatic rings. The Balaban J connectivity index is 1.30. The Bertz CT molecular complexity index is 2390. The maximum absolute atomic E-state index is 4.01. The van der Waals surface area contributed by atoms with Gasteiger partial charge in [0, 0.05) is 39.2 Å². The molecule has 0 aliphatic carbocycles. The first kappa shape index (κ1) is 31.9. The van der Waals surface area contributed by atoms with Crippen molar-refractivity contribution < 1.29 is 0 Å². The van der Waals surface area contributed by atoms with Crippen molar-refractivity contribution in [1.82, 2.24) is 0 Å². The maximum atomic E-state index is 4.01. The Kier molecular flexibility index (Phi) is 8.57. The van der Waals surface area contributed by atoms with Gasteiger partial charge in [0.2, 0.25) is 0 Å². The lowest BCUT2D eigenvalue weighted by Gasteiger charge is -2.30. The minimum absolute atomic E-state index is 0.981. The van der Waals surface area contributed by atoms with Crippen LogP contribution in [0.2, 0.25) is 0 Å². The molecule has 3 heteroatoms. The van der Waals surface area contributed by atoms with Gasteiger partial charge in [0.25, 0.3) is 0 Å². The molecule has 0 aliphatic heterocycles. The summed E-state index contributed by atoms with van der Waals surface area (Å²) in [7, 11) is 0. The van der Waals surface area contributed by atoms with E-state index in [0.29, 0.717) is 0 Å². The number of nitrogens with zero attached hydrogens (tertiary/aromatic N) is 2. The molecule has 9 aromatic carbocycles. The molecule has 0 fully saturated rings. The molecule has 0 radical (unpaired) electrons. The molecule has 0 heterocycles. The summed E-state index contributed by atoms with van der Waals surface area (Å²) < 4.78 is 0. The lowest BCUT2D eigenvalue weighted by atomic mass is 9.90. The first-order valence-electron chi connectivity index (χ1n) is 18.0. The Hall–Kier alpha value is -7.10. The number of anilines is 8. The third kappa shape index (κ3) is 6.26. The highest BCUT2D eigenvalue weighted by Crippen LogP contribution is 2.46. The van der Waals surface area contributed by atoms with Gasteiger partial charge < -0.3 is 15.1 Å². The lowest BCUT2D eigenvalue weighted by Crippen LogP contribution is -2.14. The molecule has 0 spiro atoms. The van der Waals surface area contributed by atoms with Gasteiger partial charge in [0.05, 0.1) is 17.1 Å². The van der Waals surface area contributed by atoms with E-state index in [2.05, 4.69) is 234 Å². The quantitative estimate of drug-likeness (QED) is 0.153. The van der Waals surface area contributed by atoms with Gasteiger partial charge in [-0.3, -0.25) is 0 Å². The summed E-state index contributed by atoms with van der Waals surface area (Å²) in [5.41, 5.74) is 10.9. The number of hydrogen-bond donors (Lipinski definition) is 1. The van der Waals surface area contributed by atoms with E-state index in [-0.39, 0.29) is 0 Å². The van der Waals surface area contributed by atoms with Gasteiger partial charge in [-0.25, -0.2) is 0 Å². The highest BCUT2D eigenvalue weighted by Gasteiger charge is 2.20. The van der Waals surface area contributed by atoms with Crippen molar-refractivity contribution >= 4 is 67.0 Å². The minimum atomic E-state index is 0.981. The van der Waals surface area contributed by atoms with Crippen LogP contribution in [0.5, 0.6) is 0 Å². The van der Waals surface area contributed by atoms with Crippen LogP contribution in [0.1, 0.15) is 0 Å². The third-order valence-corrected chi connectivity index (χ3v) is 9.74. The Morgan fingerprint density at radius 3 is 0.981 bits per heavy atom. The smallest absolute Gasteiger partial charge is 0.0544 e. The van der Waals surface area contributed by atoms with Crippen LogP contribution in [0.15, 0.2) is 218 Å². The van der Waals surface area contributed by atoms with E-state index in [1.54, 1.807) is 0 Å². The normalized spacial score (nSPS) is 11.0. The average molecular weight is 680 g/mol. The largest absolute Gasteiger partial charge is 0.354 e. The van der Waals surface area contributed by atoms with Crippen molar-refractivity contribution in [2.24, 2.45) is 0 Å². The van der Waals surface area contributed by atoms with Gasteiger partial charge >= 0.3 is 0 Å². The molecule has 252 valence electrons. The summed E-state index contributed by atoms with van der Waals surface area (Å²) in [6.45, 7) is 0. The zero-order valence-corrected chi connectivity index (χ0v) is 29.2. The molecule has 0 saturated heterocycles. The molecule has 0 saturated carbocycles. The van der Waals surface area contributed by atoms with E-state index in [1.807, 2.05) is 0 Å². The van der Waals surface area contributed by atoms with Crippen LogP contribution in [0.25, 0.3) is 32.7 Å². The summed E-state index contributed by atoms with van der Waals surface area (Å²) in [6, 6.07) is 77.5. The van der Waals surface area contributed by atoms with Gasteiger partial charge in [-0.1, -0.05) is 152 Å².